The van der Waals surface area contributed by atoms with Crippen molar-refractivity contribution < 1.29 is 29.6 Å². The van der Waals surface area contributed by atoms with Gasteiger partial charge >= 0.3 is 6.09 Å². The summed E-state index contributed by atoms with van der Waals surface area (Å²) in [5, 5.41) is 32.4. The third-order valence-corrected chi connectivity index (χ3v) is 3.02. The van der Waals surface area contributed by atoms with E-state index in [0.29, 0.717) is 6.29 Å². The number of amides is 1. The van der Waals surface area contributed by atoms with Crippen LogP contribution in [-0.4, -0.2) is 45.9 Å². The number of aldehydes is 1. The van der Waals surface area contributed by atoms with Crippen LogP contribution in [0.5, 0.6) is 5.75 Å². The van der Waals surface area contributed by atoms with Crippen LogP contribution in [-0.2, 0) is 4.74 Å². The van der Waals surface area contributed by atoms with Gasteiger partial charge in [-0.15, -0.1) is 0 Å². The summed E-state index contributed by atoms with van der Waals surface area (Å²) in [6.45, 7) is 5.28. The third kappa shape index (κ3) is 5.88. The van der Waals surface area contributed by atoms with Crippen molar-refractivity contribution in [3.63, 3.8) is 0 Å². The van der Waals surface area contributed by atoms with Gasteiger partial charge in [-0.05, 0) is 33.3 Å². The standard InChI is InChI=1S/C16H23NO6/c1-16(2,3)23-15(22)17-8-7-12(19)14(21)11-6-4-5-10(9-18)13(11)20/h4-6,9,12,14,19-21H,7-8H2,1-3H3,(H,17,22). The van der Waals surface area contributed by atoms with Gasteiger partial charge in [-0.1, -0.05) is 12.1 Å². The Kier molecular flexibility index (Phi) is 6.53. The Morgan fingerprint density at radius 3 is 2.57 bits per heavy atom. The minimum absolute atomic E-state index is 0.0284. The SMILES string of the molecule is CC(C)(C)OC(=O)NCCC(O)C(O)c1cccc(C=O)c1O. The van der Waals surface area contributed by atoms with E-state index in [2.05, 4.69) is 5.32 Å². The highest BCUT2D eigenvalue weighted by molar-refractivity contribution is 5.80. The second-order valence-electron chi connectivity index (χ2n) is 6.13. The zero-order valence-electron chi connectivity index (χ0n) is 13.4. The van der Waals surface area contributed by atoms with Gasteiger partial charge in [0.15, 0.2) is 6.29 Å². The molecule has 1 amide bonds. The summed E-state index contributed by atoms with van der Waals surface area (Å²) >= 11 is 0. The zero-order valence-corrected chi connectivity index (χ0v) is 13.4. The van der Waals surface area contributed by atoms with Crippen LogP contribution in [0.1, 0.15) is 49.2 Å². The summed E-state index contributed by atoms with van der Waals surface area (Å²) in [4.78, 5) is 22.2. The number of aliphatic hydroxyl groups excluding tert-OH is 2. The average molecular weight is 325 g/mol. The Bertz CT molecular complexity index is 552. The lowest BCUT2D eigenvalue weighted by atomic mass is 9.99. The molecule has 1 rings (SSSR count). The minimum atomic E-state index is -1.38. The van der Waals surface area contributed by atoms with Crippen molar-refractivity contribution in [2.24, 2.45) is 0 Å². The molecule has 0 saturated heterocycles. The average Bonchev–Trinajstić information content (AvgIpc) is 2.44. The van der Waals surface area contributed by atoms with Gasteiger partial charge in [0.2, 0.25) is 0 Å². The fourth-order valence-electron chi connectivity index (χ4n) is 1.92. The molecule has 0 bridgehead atoms. The van der Waals surface area contributed by atoms with Gasteiger partial charge in [0.1, 0.15) is 17.5 Å². The van der Waals surface area contributed by atoms with E-state index in [1.165, 1.54) is 18.2 Å². The molecule has 128 valence electrons. The fourth-order valence-corrected chi connectivity index (χ4v) is 1.92. The molecule has 1 aromatic rings. The Morgan fingerprint density at radius 1 is 1.35 bits per heavy atom. The smallest absolute Gasteiger partial charge is 0.407 e. The van der Waals surface area contributed by atoms with E-state index in [1.807, 2.05) is 0 Å². The van der Waals surface area contributed by atoms with Crippen molar-refractivity contribution >= 4 is 12.4 Å². The molecule has 2 unspecified atom stereocenters. The van der Waals surface area contributed by atoms with Crippen molar-refractivity contribution in [2.75, 3.05) is 6.54 Å². The predicted molar refractivity (Wildman–Crippen MR) is 83.3 cm³/mol. The first-order valence-corrected chi connectivity index (χ1v) is 7.25. The van der Waals surface area contributed by atoms with Crippen molar-refractivity contribution in [1.29, 1.82) is 0 Å². The van der Waals surface area contributed by atoms with Crippen LogP contribution in [0.15, 0.2) is 18.2 Å². The van der Waals surface area contributed by atoms with E-state index in [4.69, 9.17) is 4.74 Å². The molecular weight excluding hydrogens is 302 g/mol. The number of phenols is 1. The first kappa shape index (κ1) is 18.9. The molecule has 23 heavy (non-hydrogen) atoms. The molecule has 1 aromatic carbocycles. The Morgan fingerprint density at radius 2 is 2.00 bits per heavy atom. The van der Waals surface area contributed by atoms with Gasteiger partial charge in [-0.2, -0.15) is 0 Å². The molecule has 4 N–H and O–H groups in total. The highest BCUT2D eigenvalue weighted by Gasteiger charge is 2.23. The van der Waals surface area contributed by atoms with Crippen molar-refractivity contribution in [3.8, 4) is 5.75 Å². The normalized spacial score (nSPS) is 14.0. The number of rotatable bonds is 6. The zero-order chi connectivity index (χ0) is 17.6. The number of aliphatic hydroxyl groups is 2. The van der Waals surface area contributed by atoms with Crippen LogP contribution in [0, 0.1) is 0 Å². The van der Waals surface area contributed by atoms with E-state index < -0.39 is 23.9 Å². The molecular formula is C16H23NO6. The summed E-state index contributed by atoms with van der Waals surface area (Å²) in [7, 11) is 0. The van der Waals surface area contributed by atoms with E-state index in [-0.39, 0.29) is 29.8 Å². The van der Waals surface area contributed by atoms with E-state index in [0.717, 1.165) is 0 Å². The maximum absolute atomic E-state index is 11.5. The third-order valence-electron chi connectivity index (χ3n) is 3.02. The quantitative estimate of drug-likeness (QED) is 0.589. The number of carbonyl (C=O) groups is 2. The van der Waals surface area contributed by atoms with Crippen molar-refractivity contribution in [2.45, 2.75) is 45.0 Å². The van der Waals surface area contributed by atoms with E-state index in [9.17, 15) is 24.9 Å². The number of benzene rings is 1. The summed E-state index contributed by atoms with van der Waals surface area (Å²) in [5.74, 6) is -0.367. The fraction of sp³-hybridized carbons (Fsp3) is 0.500. The number of carbonyl (C=O) groups excluding carboxylic acids is 2. The van der Waals surface area contributed by atoms with Gasteiger partial charge in [0, 0.05) is 12.1 Å². The number of para-hydroxylation sites is 1. The van der Waals surface area contributed by atoms with Gasteiger partial charge in [-0.25, -0.2) is 4.79 Å². The highest BCUT2D eigenvalue weighted by atomic mass is 16.6. The van der Waals surface area contributed by atoms with Crippen LogP contribution in [0.25, 0.3) is 0 Å². The number of hydrogen-bond donors (Lipinski definition) is 4. The minimum Gasteiger partial charge on any atom is -0.507 e. The molecule has 0 fully saturated rings. The first-order chi connectivity index (χ1) is 10.7. The number of nitrogens with one attached hydrogen (secondary N) is 1. The topological polar surface area (TPSA) is 116 Å². The Hall–Kier alpha value is -2.12. The van der Waals surface area contributed by atoms with Gasteiger partial charge in [0.25, 0.3) is 0 Å². The molecule has 0 aliphatic rings. The Labute approximate surface area is 134 Å². The number of hydrogen-bond acceptors (Lipinski definition) is 6. The van der Waals surface area contributed by atoms with Crippen LogP contribution >= 0.6 is 0 Å². The lowest BCUT2D eigenvalue weighted by Crippen LogP contribution is -2.34. The molecule has 0 heterocycles. The maximum atomic E-state index is 11.5. The number of alkyl carbamates (subject to hydrolysis) is 1. The largest absolute Gasteiger partial charge is 0.507 e. The van der Waals surface area contributed by atoms with E-state index in [1.54, 1.807) is 20.8 Å². The van der Waals surface area contributed by atoms with Crippen LogP contribution in [0.3, 0.4) is 0 Å². The van der Waals surface area contributed by atoms with Gasteiger partial charge in [0.05, 0.1) is 11.7 Å². The molecule has 0 aliphatic heterocycles. The lowest BCUT2D eigenvalue weighted by Gasteiger charge is -2.21. The van der Waals surface area contributed by atoms with Crippen LogP contribution in [0.2, 0.25) is 0 Å². The van der Waals surface area contributed by atoms with Crippen LogP contribution in [0.4, 0.5) is 4.79 Å². The molecule has 0 spiro atoms. The monoisotopic (exact) mass is 325 g/mol. The van der Waals surface area contributed by atoms with Crippen molar-refractivity contribution in [1.82, 2.24) is 5.32 Å². The second kappa shape index (κ2) is 7.94. The van der Waals surface area contributed by atoms with Crippen LogP contribution < -0.4 is 5.32 Å². The number of ether oxygens (including phenoxy) is 1. The number of aromatic hydroxyl groups is 1. The summed E-state index contributed by atoms with van der Waals surface area (Å²) in [5.41, 5.74) is -0.538. The lowest BCUT2D eigenvalue weighted by molar-refractivity contribution is 0.0110. The highest BCUT2D eigenvalue weighted by Crippen LogP contribution is 2.29. The first-order valence-electron chi connectivity index (χ1n) is 7.25. The molecule has 7 nitrogen and oxygen atoms in total. The summed E-state index contributed by atoms with van der Waals surface area (Å²) in [6, 6.07) is 4.31. The van der Waals surface area contributed by atoms with Gasteiger partial charge in [-0.3, -0.25) is 4.79 Å². The maximum Gasteiger partial charge on any atom is 0.407 e. The predicted octanol–water partition coefficient (Wildman–Crippen LogP) is 1.51. The molecule has 7 heteroatoms. The van der Waals surface area contributed by atoms with Gasteiger partial charge < -0.3 is 25.4 Å². The molecule has 0 aromatic heterocycles. The molecule has 2 atom stereocenters. The molecule has 0 aliphatic carbocycles. The Balaban J connectivity index is 2.57. The number of phenolic OH excluding ortho intramolecular Hbond substituents is 1. The van der Waals surface area contributed by atoms with Crippen molar-refractivity contribution in [3.05, 3.63) is 29.3 Å². The second-order valence-corrected chi connectivity index (χ2v) is 6.13. The molecule has 0 saturated carbocycles. The van der Waals surface area contributed by atoms with E-state index >= 15 is 0 Å². The summed E-state index contributed by atoms with van der Waals surface area (Å²) in [6.07, 6.45) is -2.72. The summed E-state index contributed by atoms with van der Waals surface area (Å²) < 4.78 is 5.04. The molecule has 0 radical (unpaired) electrons.